The van der Waals surface area contributed by atoms with Gasteiger partial charge in [0.25, 0.3) is 0 Å². The molecule has 1 saturated carbocycles. The molecule has 1 aliphatic heterocycles. The minimum atomic E-state index is -0.122. The molecule has 2 aromatic rings. The van der Waals surface area contributed by atoms with Crippen molar-refractivity contribution >= 4 is 22.6 Å². The molecule has 1 aliphatic carbocycles. The number of carbonyl (C=O) groups excluding carboxylic acids is 2. The Bertz CT molecular complexity index is 949. The zero-order valence-electron chi connectivity index (χ0n) is 17.9. The predicted octanol–water partition coefficient (Wildman–Crippen LogP) is 2.79. The Morgan fingerprint density at radius 2 is 1.90 bits per heavy atom. The number of carbonyl (C=O) groups is 2. The highest BCUT2D eigenvalue weighted by atomic mass is 16.2. The van der Waals surface area contributed by atoms with Crippen LogP contribution in [-0.2, 0) is 15.0 Å². The number of amides is 2. The Kier molecular flexibility index (Phi) is 4.89. The summed E-state index contributed by atoms with van der Waals surface area (Å²) in [6.45, 7) is 8.02. The van der Waals surface area contributed by atoms with E-state index in [1.165, 1.54) is 21.2 Å². The van der Waals surface area contributed by atoms with E-state index in [2.05, 4.69) is 47.8 Å². The minimum absolute atomic E-state index is 0.0453. The van der Waals surface area contributed by atoms with Crippen molar-refractivity contribution in [3.63, 3.8) is 0 Å². The van der Waals surface area contributed by atoms with Gasteiger partial charge in [-0.05, 0) is 49.4 Å². The fourth-order valence-corrected chi connectivity index (χ4v) is 4.49. The number of nitrogens with one attached hydrogen (secondary N) is 1. The van der Waals surface area contributed by atoms with Gasteiger partial charge in [0, 0.05) is 31.1 Å². The van der Waals surface area contributed by atoms with Gasteiger partial charge in [0.1, 0.15) is 0 Å². The quantitative estimate of drug-likeness (QED) is 0.850. The monoisotopic (exact) mass is 393 g/mol. The molecular formula is C24H31N3O2. The van der Waals surface area contributed by atoms with Gasteiger partial charge in [-0.3, -0.25) is 9.59 Å². The number of benzene rings is 2. The molecule has 1 N–H and O–H groups in total. The Balaban J connectivity index is 1.38. The van der Waals surface area contributed by atoms with E-state index in [4.69, 9.17) is 0 Å². The molecule has 1 heterocycles. The normalized spacial score (nSPS) is 23.2. The lowest BCUT2D eigenvalue weighted by Crippen LogP contribution is -2.47. The van der Waals surface area contributed by atoms with Crippen molar-refractivity contribution in [1.29, 1.82) is 0 Å². The number of nitrogens with zero attached hydrogens (tertiary/aromatic N) is 2. The number of piperidine rings is 1. The van der Waals surface area contributed by atoms with Crippen molar-refractivity contribution in [2.75, 3.05) is 33.2 Å². The van der Waals surface area contributed by atoms with Crippen LogP contribution in [0.2, 0.25) is 0 Å². The number of rotatable bonds is 5. The van der Waals surface area contributed by atoms with Crippen LogP contribution in [0, 0.1) is 5.92 Å². The Morgan fingerprint density at radius 1 is 1.17 bits per heavy atom. The van der Waals surface area contributed by atoms with E-state index in [-0.39, 0.29) is 35.9 Å². The van der Waals surface area contributed by atoms with Crippen LogP contribution < -0.4 is 5.32 Å². The van der Waals surface area contributed by atoms with Crippen molar-refractivity contribution in [2.24, 2.45) is 5.92 Å². The minimum Gasteiger partial charge on any atom is -0.340 e. The van der Waals surface area contributed by atoms with E-state index >= 15 is 0 Å². The molecule has 0 bridgehead atoms. The first-order chi connectivity index (χ1) is 13.7. The van der Waals surface area contributed by atoms with Crippen LogP contribution in [0.15, 0.2) is 42.5 Å². The van der Waals surface area contributed by atoms with Crippen LogP contribution in [0.25, 0.3) is 10.8 Å². The average Bonchev–Trinajstić information content (AvgIpc) is 3.26. The van der Waals surface area contributed by atoms with Gasteiger partial charge < -0.3 is 15.1 Å². The van der Waals surface area contributed by atoms with E-state index in [9.17, 15) is 9.59 Å². The van der Waals surface area contributed by atoms with Gasteiger partial charge in [0.2, 0.25) is 11.8 Å². The second-order valence-corrected chi connectivity index (χ2v) is 9.75. The first-order valence-corrected chi connectivity index (χ1v) is 10.4. The second-order valence-electron chi connectivity index (χ2n) is 9.75. The van der Waals surface area contributed by atoms with Crippen LogP contribution in [0.5, 0.6) is 0 Å². The van der Waals surface area contributed by atoms with Crippen molar-refractivity contribution in [3.8, 4) is 0 Å². The molecule has 0 unspecified atom stereocenters. The summed E-state index contributed by atoms with van der Waals surface area (Å²) in [5, 5.41) is 5.69. The second kappa shape index (κ2) is 7.13. The topological polar surface area (TPSA) is 52.7 Å². The largest absolute Gasteiger partial charge is 0.340 e. The highest BCUT2D eigenvalue weighted by Gasteiger charge is 2.61. The fraction of sp³-hybridized carbons (Fsp3) is 0.500. The maximum absolute atomic E-state index is 12.8. The maximum atomic E-state index is 12.8. The molecule has 4 rings (SSSR count). The molecule has 2 aliphatic rings. The lowest BCUT2D eigenvalue weighted by atomic mass is 9.93. The van der Waals surface area contributed by atoms with Gasteiger partial charge in [-0.2, -0.15) is 0 Å². The van der Waals surface area contributed by atoms with Crippen molar-refractivity contribution < 1.29 is 9.59 Å². The number of hydrogen-bond donors (Lipinski definition) is 1. The van der Waals surface area contributed by atoms with E-state index in [1.54, 1.807) is 7.05 Å². The first kappa shape index (κ1) is 19.9. The van der Waals surface area contributed by atoms with Crippen LogP contribution in [0.3, 0.4) is 0 Å². The highest BCUT2D eigenvalue weighted by Crippen LogP contribution is 2.59. The summed E-state index contributed by atoms with van der Waals surface area (Å²) in [6.07, 6.45) is 1.15. The molecule has 154 valence electrons. The zero-order valence-corrected chi connectivity index (χ0v) is 17.9. The molecule has 2 atom stereocenters. The summed E-state index contributed by atoms with van der Waals surface area (Å²) in [7, 11) is 1.71. The molecule has 2 fully saturated rings. The average molecular weight is 394 g/mol. The molecule has 0 radical (unpaired) electrons. The summed E-state index contributed by atoms with van der Waals surface area (Å²) in [6, 6.07) is 15.1. The van der Waals surface area contributed by atoms with Gasteiger partial charge in [-0.25, -0.2) is 0 Å². The van der Waals surface area contributed by atoms with E-state index in [0.29, 0.717) is 5.92 Å². The van der Waals surface area contributed by atoms with Gasteiger partial charge >= 0.3 is 0 Å². The van der Waals surface area contributed by atoms with E-state index in [0.717, 1.165) is 19.5 Å². The van der Waals surface area contributed by atoms with Crippen LogP contribution in [-0.4, -0.2) is 60.4 Å². The molecule has 5 nitrogen and oxygen atoms in total. The molecular weight excluding hydrogens is 362 g/mol. The molecule has 0 spiro atoms. The summed E-state index contributed by atoms with van der Waals surface area (Å²) in [5.41, 5.74) is 1.33. The van der Waals surface area contributed by atoms with Crippen molar-refractivity contribution in [2.45, 2.75) is 38.1 Å². The first-order valence-electron chi connectivity index (χ1n) is 10.4. The van der Waals surface area contributed by atoms with Crippen molar-refractivity contribution in [3.05, 3.63) is 48.0 Å². The lowest BCUT2D eigenvalue weighted by molar-refractivity contribution is -0.138. The molecule has 2 amide bonds. The standard InChI is InChI=1S/C24H31N3O2/c1-23(2,3)25-13-21(28)26(4)15-22(29)27-14-20-12-24(20,16-27)19-10-9-17-7-5-6-8-18(17)11-19/h5-11,20,25H,12-16H2,1-4H3/t20-,24+/m1/s1. The summed E-state index contributed by atoms with van der Waals surface area (Å²) in [5.74, 6) is 0.530. The third-order valence-electron chi connectivity index (χ3n) is 6.39. The van der Waals surface area contributed by atoms with E-state index in [1.807, 2.05) is 25.7 Å². The van der Waals surface area contributed by atoms with Gasteiger partial charge in [0.05, 0.1) is 13.1 Å². The number of likely N-dealkylation sites (N-methyl/N-ethyl adjacent to an activating group) is 1. The Morgan fingerprint density at radius 3 is 2.62 bits per heavy atom. The van der Waals surface area contributed by atoms with Gasteiger partial charge in [-0.15, -0.1) is 0 Å². The highest BCUT2D eigenvalue weighted by molar-refractivity contribution is 5.86. The Hall–Kier alpha value is -2.40. The molecule has 29 heavy (non-hydrogen) atoms. The van der Waals surface area contributed by atoms with Crippen LogP contribution >= 0.6 is 0 Å². The van der Waals surface area contributed by atoms with Gasteiger partial charge in [-0.1, -0.05) is 42.5 Å². The smallest absolute Gasteiger partial charge is 0.242 e. The maximum Gasteiger partial charge on any atom is 0.242 e. The predicted molar refractivity (Wildman–Crippen MR) is 116 cm³/mol. The molecule has 0 aromatic heterocycles. The number of hydrogen-bond acceptors (Lipinski definition) is 3. The fourth-order valence-electron chi connectivity index (χ4n) is 4.49. The summed E-state index contributed by atoms with van der Waals surface area (Å²) in [4.78, 5) is 28.6. The third kappa shape index (κ3) is 4.01. The Labute approximate surface area is 173 Å². The summed E-state index contributed by atoms with van der Waals surface area (Å²) < 4.78 is 0. The zero-order chi connectivity index (χ0) is 20.8. The SMILES string of the molecule is CN(CC(=O)N1C[C@H]2C[C@@]2(c2ccc3ccccc3c2)C1)C(=O)CNC(C)(C)C. The molecule has 1 saturated heterocycles. The number of likely N-dealkylation sites (tertiary alicyclic amines) is 1. The van der Waals surface area contributed by atoms with Crippen LogP contribution in [0.4, 0.5) is 0 Å². The van der Waals surface area contributed by atoms with Gasteiger partial charge in [0.15, 0.2) is 0 Å². The molecule has 2 aromatic carbocycles. The molecule has 5 heteroatoms. The van der Waals surface area contributed by atoms with Crippen LogP contribution in [0.1, 0.15) is 32.8 Å². The third-order valence-corrected chi connectivity index (χ3v) is 6.39. The van der Waals surface area contributed by atoms with E-state index < -0.39 is 0 Å². The lowest BCUT2D eigenvalue weighted by Gasteiger charge is -2.26. The van der Waals surface area contributed by atoms with Crippen molar-refractivity contribution in [1.82, 2.24) is 15.1 Å². The number of fused-ring (bicyclic) bond motifs is 2. The summed E-state index contributed by atoms with van der Waals surface area (Å²) >= 11 is 0.